The number of tetrazole rings is 1. The van der Waals surface area contributed by atoms with Crippen LogP contribution in [0, 0.1) is 11.6 Å². The van der Waals surface area contributed by atoms with Crippen molar-refractivity contribution in [2.24, 2.45) is 0 Å². The lowest BCUT2D eigenvalue weighted by Gasteiger charge is -2.10. The van der Waals surface area contributed by atoms with Crippen LogP contribution < -0.4 is 0 Å². The van der Waals surface area contributed by atoms with Crippen LogP contribution in [0.15, 0.2) is 47.6 Å². The number of nitrogens with zero attached hydrogens (tertiary/aromatic N) is 4. The summed E-state index contributed by atoms with van der Waals surface area (Å²) >= 11 is 6.98. The average molecular weight is 381 g/mol. The molecule has 3 rings (SSSR count). The highest BCUT2D eigenvalue weighted by Gasteiger charge is 2.21. The molecule has 0 unspecified atom stereocenters. The molecule has 1 aromatic heterocycles. The van der Waals surface area contributed by atoms with Crippen LogP contribution >= 0.6 is 23.4 Å². The maximum Gasteiger partial charge on any atom is 0.214 e. The number of benzene rings is 2. The van der Waals surface area contributed by atoms with E-state index in [1.807, 2.05) is 0 Å². The summed E-state index contributed by atoms with van der Waals surface area (Å²) in [5.41, 5.74) is 0.772. The molecular weight excluding hydrogens is 370 g/mol. The minimum Gasteiger partial charge on any atom is -0.293 e. The molecule has 5 nitrogen and oxygen atoms in total. The van der Waals surface area contributed by atoms with Crippen molar-refractivity contribution in [3.63, 3.8) is 0 Å². The molecule has 2 aromatic carbocycles. The van der Waals surface area contributed by atoms with Gasteiger partial charge in [0, 0.05) is 10.6 Å². The number of halogens is 3. The largest absolute Gasteiger partial charge is 0.293 e. The number of Topliss-reactive ketones (excluding diaryl/α,β-unsaturated/α-hetero) is 1. The van der Waals surface area contributed by atoms with Gasteiger partial charge in [0.1, 0.15) is 0 Å². The predicted octanol–water partition coefficient (Wildman–Crippen LogP) is 3.96. The van der Waals surface area contributed by atoms with Crippen LogP contribution in [0.1, 0.15) is 17.3 Å². The quantitative estimate of drug-likeness (QED) is 0.495. The van der Waals surface area contributed by atoms with Gasteiger partial charge in [0.25, 0.3) is 0 Å². The summed E-state index contributed by atoms with van der Waals surface area (Å²) in [5, 5.41) is 11.8. The van der Waals surface area contributed by atoms with Crippen molar-refractivity contribution in [3.8, 4) is 5.69 Å². The summed E-state index contributed by atoms with van der Waals surface area (Å²) in [6.07, 6.45) is 0. The average Bonchev–Trinajstić information content (AvgIpc) is 3.05. The molecule has 0 fully saturated rings. The lowest BCUT2D eigenvalue weighted by molar-refractivity contribution is 0.0993. The maximum atomic E-state index is 13.3. The number of ketones is 1. The first kappa shape index (κ1) is 17.5. The highest BCUT2D eigenvalue weighted by molar-refractivity contribution is 8.00. The SMILES string of the molecule is C[C@@H](Sc1nnnn1-c1ccc(Cl)cc1)C(=O)c1ccc(F)c(F)c1. The fraction of sp³-hybridized carbons (Fsp3) is 0.125. The van der Waals surface area contributed by atoms with Crippen molar-refractivity contribution >= 4 is 29.1 Å². The molecule has 3 aromatic rings. The third-order valence-corrected chi connectivity index (χ3v) is 4.65. The van der Waals surface area contributed by atoms with Crippen molar-refractivity contribution in [2.75, 3.05) is 0 Å². The third kappa shape index (κ3) is 3.85. The van der Waals surface area contributed by atoms with Gasteiger partial charge in [0.2, 0.25) is 5.16 Å². The highest BCUT2D eigenvalue weighted by Crippen LogP contribution is 2.26. The van der Waals surface area contributed by atoms with Gasteiger partial charge >= 0.3 is 0 Å². The Morgan fingerprint density at radius 2 is 1.88 bits per heavy atom. The Morgan fingerprint density at radius 3 is 2.56 bits per heavy atom. The normalized spacial score (nSPS) is 12.2. The Balaban J connectivity index is 1.80. The topological polar surface area (TPSA) is 60.7 Å². The first-order chi connectivity index (χ1) is 12.0. The molecule has 0 aliphatic carbocycles. The molecule has 128 valence electrons. The van der Waals surface area contributed by atoms with E-state index < -0.39 is 16.9 Å². The number of hydrogen-bond acceptors (Lipinski definition) is 5. The maximum absolute atomic E-state index is 13.3. The van der Waals surface area contributed by atoms with Gasteiger partial charge < -0.3 is 0 Å². The Morgan fingerprint density at radius 1 is 1.16 bits per heavy atom. The summed E-state index contributed by atoms with van der Waals surface area (Å²) < 4.78 is 27.8. The van der Waals surface area contributed by atoms with Crippen molar-refractivity contribution in [1.82, 2.24) is 20.2 Å². The molecule has 0 aliphatic rings. The molecule has 25 heavy (non-hydrogen) atoms. The second-order valence-corrected chi connectivity index (χ2v) is 6.85. The third-order valence-electron chi connectivity index (χ3n) is 3.37. The number of carbonyl (C=O) groups excluding carboxylic acids is 1. The molecule has 0 spiro atoms. The van der Waals surface area contributed by atoms with Gasteiger partial charge in [-0.15, -0.1) is 5.10 Å². The predicted molar refractivity (Wildman–Crippen MR) is 90.2 cm³/mol. The number of thioether (sulfide) groups is 1. The fourth-order valence-corrected chi connectivity index (χ4v) is 3.10. The first-order valence-corrected chi connectivity index (χ1v) is 8.41. The van der Waals surface area contributed by atoms with Crippen molar-refractivity contribution < 1.29 is 13.6 Å². The van der Waals surface area contributed by atoms with E-state index in [2.05, 4.69) is 15.5 Å². The first-order valence-electron chi connectivity index (χ1n) is 7.16. The molecular formula is C16H11ClF2N4OS. The van der Waals surface area contributed by atoms with Crippen molar-refractivity contribution in [3.05, 3.63) is 64.7 Å². The van der Waals surface area contributed by atoms with E-state index in [0.717, 1.165) is 23.9 Å². The van der Waals surface area contributed by atoms with Crippen LogP contribution in [-0.2, 0) is 0 Å². The standard InChI is InChI=1S/C16H11ClF2N4OS/c1-9(15(24)10-2-7-13(18)14(19)8-10)25-16-20-21-22-23(16)12-5-3-11(17)4-6-12/h2-9H,1H3/t9-/m1/s1. The van der Waals surface area contributed by atoms with E-state index in [9.17, 15) is 13.6 Å². The minimum absolute atomic E-state index is 0.0874. The zero-order valence-electron chi connectivity index (χ0n) is 12.9. The Kier molecular flexibility index (Phi) is 5.10. The number of rotatable bonds is 5. The van der Waals surface area contributed by atoms with E-state index in [4.69, 9.17) is 11.6 Å². The van der Waals surface area contributed by atoms with Gasteiger partial charge in [0.05, 0.1) is 10.9 Å². The monoisotopic (exact) mass is 380 g/mol. The number of hydrogen-bond donors (Lipinski definition) is 0. The second kappa shape index (κ2) is 7.28. The molecule has 0 amide bonds. The van der Waals surface area contributed by atoms with E-state index >= 15 is 0 Å². The zero-order chi connectivity index (χ0) is 18.0. The van der Waals surface area contributed by atoms with E-state index in [1.54, 1.807) is 31.2 Å². The summed E-state index contributed by atoms with van der Waals surface area (Å²) in [6, 6.07) is 9.94. The van der Waals surface area contributed by atoms with Crippen LogP contribution in [0.3, 0.4) is 0 Å². The molecule has 9 heteroatoms. The van der Waals surface area contributed by atoms with Gasteiger partial charge in [-0.3, -0.25) is 4.79 Å². The number of aromatic nitrogens is 4. The molecule has 0 N–H and O–H groups in total. The van der Waals surface area contributed by atoms with E-state index in [-0.39, 0.29) is 11.3 Å². The van der Waals surface area contributed by atoms with Crippen LogP contribution in [0.4, 0.5) is 8.78 Å². The minimum atomic E-state index is -1.06. The molecule has 1 atom stereocenters. The van der Waals surface area contributed by atoms with E-state index in [1.165, 1.54) is 10.7 Å². The summed E-state index contributed by atoms with van der Waals surface area (Å²) in [5.74, 6) is -2.41. The lowest BCUT2D eigenvalue weighted by atomic mass is 10.1. The van der Waals surface area contributed by atoms with Gasteiger partial charge in [-0.05, 0) is 59.8 Å². The number of carbonyl (C=O) groups is 1. The summed E-state index contributed by atoms with van der Waals surface area (Å²) in [6.45, 7) is 1.65. The molecule has 0 aliphatic heterocycles. The van der Waals surface area contributed by atoms with Crippen LogP contribution in [0.25, 0.3) is 5.69 Å². The van der Waals surface area contributed by atoms with Crippen LogP contribution in [-0.4, -0.2) is 31.2 Å². The molecule has 0 saturated carbocycles. The zero-order valence-corrected chi connectivity index (χ0v) is 14.4. The second-order valence-electron chi connectivity index (χ2n) is 5.10. The van der Waals surface area contributed by atoms with Gasteiger partial charge in [-0.1, -0.05) is 23.4 Å². The molecule has 0 bridgehead atoms. The van der Waals surface area contributed by atoms with Crippen LogP contribution in [0.5, 0.6) is 0 Å². The van der Waals surface area contributed by atoms with Gasteiger partial charge in [0.15, 0.2) is 17.4 Å². The summed E-state index contributed by atoms with van der Waals surface area (Å²) in [7, 11) is 0. The van der Waals surface area contributed by atoms with Gasteiger partial charge in [-0.25, -0.2) is 8.78 Å². The molecule has 0 saturated heterocycles. The van der Waals surface area contributed by atoms with E-state index in [0.29, 0.717) is 15.9 Å². The fourth-order valence-electron chi connectivity index (χ4n) is 2.09. The lowest BCUT2D eigenvalue weighted by Crippen LogP contribution is -2.15. The highest BCUT2D eigenvalue weighted by atomic mass is 35.5. The smallest absolute Gasteiger partial charge is 0.214 e. The Labute approximate surface area is 151 Å². The Bertz CT molecular complexity index is 917. The van der Waals surface area contributed by atoms with Crippen molar-refractivity contribution in [2.45, 2.75) is 17.3 Å². The molecule has 1 heterocycles. The Hall–Kier alpha value is -2.32. The molecule has 0 radical (unpaired) electrons. The van der Waals surface area contributed by atoms with Gasteiger partial charge in [-0.2, -0.15) is 4.68 Å². The summed E-state index contributed by atoms with van der Waals surface area (Å²) in [4.78, 5) is 12.4. The van der Waals surface area contributed by atoms with Crippen molar-refractivity contribution in [1.29, 1.82) is 0 Å². The van der Waals surface area contributed by atoms with Crippen LogP contribution in [0.2, 0.25) is 5.02 Å².